The molecule has 0 aromatic heterocycles. The first-order valence-corrected chi connectivity index (χ1v) is 38.0. The first-order chi connectivity index (χ1) is 40.5. The molecule has 0 aromatic rings. The average molecular weight is 1190 g/mol. The number of amides is 1. The molecular formula is C74H144N2O6P+. The molecule has 0 aliphatic heterocycles. The Morgan fingerprint density at radius 1 is 0.410 bits per heavy atom. The largest absolute Gasteiger partial charge is 0.472 e. The summed E-state index contributed by atoms with van der Waals surface area (Å²) in [6.07, 6.45) is 88.4. The Kier molecular flexibility index (Phi) is 63.7. The molecule has 0 fully saturated rings. The van der Waals surface area contributed by atoms with E-state index in [0.29, 0.717) is 17.4 Å². The van der Waals surface area contributed by atoms with Crippen molar-refractivity contribution in [1.29, 1.82) is 0 Å². The molecule has 0 aliphatic carbocycles. The number of carbonyl (C=O) groups is 1. The monoisotopic (exact) mass is 1190 g/mol. The fourth-order valence-electron chi connectivity index (χ4n) is 11.1. The van der Waals surface area contributed by atoms with E-state index in [-0.39, 0.29) is 19.1 Å². The number of phosphoric acid groups is 1. The molecule has 3 N–H and O–H groups in total. The minimum atomic E-state index is -4.35. The summed E-state index contributed by atoms with van der Waals surface area (Å²) < 4.78 is 23.8. The second-order valence-corrected chi connectivity index (χ2v) is 27.8. The molecule has 0 aromatic carbocycles. The predicted octanol–water partition coefficient (Wildman–Crippen LogP) is 23.4. The van der Waals surface area contributed by atoms with E-state index in [2.05, 4.69) is 55.6 Å². The molecule has 0 bridgehead atoms. The lowest BCUT2D eigenvalue weighted by Gasteiger charge is -2.25. The number of phosphoric ester groups is 1. The number of allylic oxidation sites excluding steroid dienone is 7. The Hall–Kier alpha value is -1.54. The van der Waals surface area contributed by atoms with E-state index >= 15 is 0 Å². The third-order valence-corrected chi connectivity index (χ3v) is 17.8. The lowest BCUT2D eigenvalue weighted by Crippen LogP contribution is -2.45. The molecule has 0 saturated carbocycles. The molecule has 0 radical (unpaired) electrons. The Labute approximate surface area is 518 Å². The van der Waals surface area contributed by atoms with Gasteiger partial charge in [0.05, 0.1) is 39.9 Å². The van der Waals surface area contributed by atoms with E-state index in [0.717, 1.165) is 51.4 Å². The molecule has 3 atom stereocenters. The van der Waals surface area contributed by atoms with E-state index < -0.39 is 20.0 Å². The van der Waals surface area contributed by atoms with Crippen molar-refractivity contribution in [1.82, 2.24) is 5.32 Å². The number of hydrogen-bond donors (Lipinski definition) is 3. The molecule has 0 saturated heterocycles. The van der Waals surface area contributed by atoms with Crippen LogP contribution < -0.4 is 5.32 Å². The van der Waals surface area contributed by atoms with E-state index in [9.17, 15) is 19.4 Å². The van der Waals surface area contributed by atoms with Gasteiger partial charge in [0.2, 0.25) is 5.91 Å². The van der Waals surface area contributed by atoms with Gasteiger partial charge in [-0.05, 0) is 57.8 Å². The molecule has 0 aliphatic rings. The number of carbonyl (C=O) groups excluding carboxylic acids is 1. The summed E-state index contributed by atoms with van der Waals surface area (Å²) in [7, 11) is 1.59. The molecule has 83 heavy (non-hydrogen) atoms. The van der Waals surface area contributed by atoms with Gasteiger partial charge < -0.3 is 19.8 Å². The highest BCUT2D eigenvalue weighted by molar-refractivity contribution is 7.47. The van der Waals surface area contributed by atoms with Gasteiger partial charge in [0, 0.05) is 6.42 Å². The minimum absolute atomic E-state index is 0.0627. The SMILES string of the molecule is CCCCCCC/C=C\C/C=C\C/C=C\CCCCCCCCCCCCCCCCCCCCC(=O)NC(COP(=O)(O)OCC[N+](C)(C)C)C(O)/C=C/CCCCCCCCCCCCCCCCCCCCCCCCCCCC. The van der Waals surface area contributed by atoms with Crippen molar-refractivity contribution in [2.24, 2.45) is 0 Å². The number of nitrogens with zero attached hydrogens (tertiary/aromatic N) is 1. The zero-order valence-electron chi connectivity index (χ0n) is 56.2. The third kappa shape index (κ3) is 67.8. The molecule has 9 heteroatoms. The minimum Gasteiger partial charge on any atom is -0.387 e. The van der Waals surface area contributed by atoms with E-state index in [4.69, 9.17) is 9.05 Å². The summed E-state index contributed by atoms with van der Waals surface area (Å²) in [6.45, 7) is 4.86. The van der Waals surface area contributed by atoms with Gasteiger partial charge in [-0.25, -0.2) is 4.57 Å². The lowest BCUT2D eigenvalue weighted by atomic mass is 10.0. The van der Waals surface area contributed by atoms with Crippen molar-refractivity contribution in [3.05, 3.63) is 48.6 Å². The van der Waals surface area contributed by atoms with Crippen LogP contribution in [-0.4, -0.2) is 73.4 Å². The van der Waals surface area contributed by atoms with Crippen molar-refractivity contribution >= 4 is 13.7 Å². The summed E-state index contributed by atoms with van der Waals surface area (Å²) in [5.74, 6) is -0.171. The van der Waals surface area contributed by atoms with Crippen LogP contribution in [0.3, 0.4) is 0 Å². The lowest BCUT2D eigenvalue weighted by molar-refractivity contribution is -0.870. The summed E-state index contributed by atoms with van der Waals surface area (Å²) in [4.78, 5) is 23.4. The smallest absolute Gasteiger partial charge is 0.387 e. The number of unbranched alkanes of at least 4 members (excludes halogenated alkanes) is 49. The summed E-state index contributed by atoms with van der Waals surface area (Å²) >= 11 is 0. The van der Waals surface area contributed by atoms with Crippen molar-refractivity contribution < 1.29 is 32.9 Å². The van der Waals surface area contributed by atoms with Crippen molar-refractivity contribution in [2.45, 2.75) is 379 Å². The number of aliphatic hydroxyl groups excluding tert-OH is 1. The summed E-state index contributed by atoms with van der Waals surface area (Å²) in [5.41, 5.74) is 0. The van der Waals surface area contributed by atoms with E-state index in [1.54, 1.807) is 6.08 Å². The van der Waals surface area contributed by atoms with Crippen LogP contribution in [0.15, 0.2) is 48.6 Å². The molecule has 3 unspecified atom stereocenters. The first-order valence-electron chi connectivity index (χ1n) is 36.5. The quantitative estimate of drug-likeness (QED) is 0.0243. The van der Waals surface area contributed by atoms with Crippen LogP contribution in [0.1, 0.15) is 367 Å². The van der Waals surface area contributed by atoms with Gasteiger partial charge in [-0.2, -0.15) is 0 Å². The van der Waals surface area contributed by atoms with Gasteiger partial charge in [0.15, 0.2) is 0 Å². The maximum Gasteiger partial charge on any atom is 0.472 e. The zero-order valence-corrected chi connectivity index (χ0v) is 57.1. The molecule has 0 spiro atoms. The second-order valence-electron chi connectivity index (χ2n) is 26.3. The number of nitrogens with one attached hydrogen (secondary N) is 1. The van der Waals surface area contributed by atoms with Crippen molar-refractivity contribution in [2.75, 3.05) is 40.9 Å². The molecule has 0 rings (SSSR count). The van der Waals surface area contributed by atoms with Gasteiger partial charge in [-0.15, -0.1) is 0 Å². The third-order valence-electron chi connectivity index (χ3n) is 16.8. The number of likely N-dealkylation sites (N-methyl/N-ethyl adjacent to an activating group) is 1. The van der Waals surface area contributed by atoms with Crippen molar-refractivity contribution in [3.63, 3.8) is 0 Å². The molecular weight excluding hydrogens is 1040 g/mol. The van der Waals surface area contributed by atoms with Crippen LogP contribution >= 0.6 is 7.82 Å². The zero-order chi connectivity index (χ0) is 60.5. The van der Waals surface area contributed by atoms with Crippen LogP contribution in [-0.2, 0) is 18.4 Å². The van der Waals surface area contributed by atoms with Gasteiger partial charge in [-0.1, -0.05) is 351 Å². The van der Waals surface area contributed by atoms with Crippen LogP contribution in [0.5, 0.6) is 0 Å². The van der Waals surface area contributed by atoms with Crippen LogP contribution in [0.4, 0.5) is 0 Å². The topological polar surface area (TPSA) is 105 Å². The van der Waals surface area contributed by atoms with Gasteiger partial charge >= 0.3 is 7.82 Å². The van der Waals surface area contributed by atoms with Gasteiger partial charge in [0.25, 0.3) is 0 Å². The highest BCUT2D eigenvalue weighted by atomic mass is 31.2. The number of hydrogen-bond acceptors (Lipinski definition) is 5. The van der Waals surface area contributed by atoms with Gasteiger partial charge in [0.1, 0.15) is 13.2 Å². The average Bonchev–Trinajstić information content (AvgIpc) is 3.49. The normalized spacial score (nSPS) is 13.9. The highest BCUT2D eigenvalue weighted by Crippen LogP contribution is 2.43. The Bertz CT molecular complexity index is 1490. The maximum atomic E-state index is 13.1. The fraction of sp³-hybridized carbons (Fsp3) is 0.878. The van der Waals surface area contributed by atoms with Crippen LogP contribution in [0.25, 0.3) is 0 Å². The summed E-state index contributed by atoms with van der Waals surface area (Å²) in [5, 5.41) is 14.0. The Balaban J connectivity index is 4.03. The molecule has 1 amide bonds. The Morgan fingerprint density at radius 2 is 0.687 bits per heavy atom. The van der Waals surface area contributed by atoms with E-state index in [1.165, 1.54) is 295 Å². The fourth-order valence-corrected chi connectivity index (χ4v) is 11.8. The standard InChI is InChI=1S/C74H143N2O6P/c1-6-8-10-12-14-16-18-20-22-24-26-28-30-32-34-36-37-38-39-40-42-44-46-48-50-52-54-56-58-60-62-64-66-68-74(78)75-72(71-82-83(79,80)81-70-69-76(3,4)5)73(77)67-65-63-61-59-57-55-53-51-49-47-45-43-41-35-33-31-29-27-25-23-21-19-17-15-13-11-9-7-2/h18,20,24,26,30,32,65,67,72-73,77H,6-17,19,21-23,25,27-29,31,33-64,66,68-71H2,1-5H3,(H-,75,78,79,80)/p+1/b20-18-,26-24-,32-30-,67-65+. The van der Waals surface area contributed by atoms with Gasteiger partial charge in [-0.3, -0.25) is 13.8 Å². The number of rotatable bonds is 68. The first kappa shape index (κ1) is 81.5. The Morgan fingerprint density at radius 3 is 1.00 bits per heavy atom. The number of aliphatic hydroxyl groups is 1. The maximum absolute atomic E-state index is 13.1. The molecule has 8 nitrogen and oxygen atoms in total. The highest BCUT2D eigenvalue weighted by Gasteiger charge is 2.28. The van der Waals surface area contributed by atoms with Crippen LogP contribution in [0.2, 0.25) is 0 Å². The van der Waals surface area contributed by atoms with Crippen molar-refractivity contribution in [3.8, 4) is 0 Å². The molecule has 0 heterocycles. The second kappa shape index (κ2) is 64.9. The van der Waals surface area contributed by atoms with Crippen LogP contribution in [0, 0.1) is 0 Å². The van der Waals surface area contributed by atoms with E-state index in [1.807, 2.05) is 27.2 Å². The molecule has 490 valence electrons. The summed E-state index contributed by atoms with van der Waals surface area (Å²) in [6, 6.07) is -0.848. The predicted molar refractivity (Wildman–Crippen MR) is 364 cm³/mol. The number of quaternary nitrogens is 1.